The zero-order chi connectivity index (χ0) is 15.0. The minimum absolute atomic E-state index is 0.00536. The molecule has 0 aromatic carbocycles. The lowest BCUT2D eigenvalue weighted by Crippen LogP contribution is -2.09. The number of H-pyrrole nitrogens is 1. The molecule has 0 radical (unpaired) electrons. The highest BCUT2D eigenvalue weighted by molar-refractivity contribution is 7.13. The van der Waals surface area contributed by atoms with Gasteiger partial charge in [0.05, 0.1) is 16.1 Å². The van der Waals surface area contributed by atoms with Gasteiger partial charge < -0.3 is 4.98 Å². The van der Waals surface area contributed by atoms with Gasteiger partial charge in [0.1, 0.15) is 0 Å². The molecule has 1 N–H and O–H groups in total. The molecule has 0 saturated heterocycles. The van der Waals surface area contributed by atoms with Crippen LogP contribution in [0.3, 0.4) is 0 Å². The first kappa shape index (κ1) is 13.9. The molecule has 0 unspecified atom stereocenters. The second kappa shape index (κ2) is 5.04. The van der Waals surface area contributed by atoms with Crippen LogP contribution in [-0.2, 0) is 6.18 Å². The van der Waals surface area contributed by atoms with Gasteiger partial charge in [0.15, 0.2) is 16.5 Å². The summed E-state index contributed by atoms with van der Waals surface area (Å²) >= 11 is 2.04. The maximum atomic E-state index is 12.5. The zero-order valence-corrected chi connectivity index (χ0v) is 11.6. The molecule has 3 heterocycles. The number of alkyl halides is 3. The molecule has 0 aliphatic rings. The minimum atomic E-state index is -4.52. The Hall–Kier alpha value is -2.07. The summed E-state index contributed by atoms with van der Waals surface area (Å²) in [6.07, 6.45) is -3.00. The Kier molecular flexibility index (Phi) is 3.33. The Morgan fingerprint density at radius 1 is 1.19 bits per heavy atom. The first-order valence-corrected chi connectivity index (χ1v) is 7.23. The van der Waals surface area contributed by atoms with Crippen molar-refractivity contribution in [2.75, 3.05) is 0 Å². The maximum absolute atomic E-state index is 12.5. The van der Waals surface area contributed by atoms with Crippen LogP contribution >= 0.6 is 22.7 Å². The second-order valence-electron chi connectivity index (χ2n) is 3.88. The van der Waals surface area contributed by atoms with E-state index in [4.69, 9.17) is 0 Å². The lowest BCUT2D eigenvalue weighted by molar-refractivity contribution is -0.140. The average Bonchev–Trinajstić information content (AvgIpc) is 3.09. The summed E-state index contributed by atoms with van der Waals surface area (Å²) in [5, 5.41) is 0.889. The normalized spacial score (nSPS) is 11.8. The van der Waals surface area contributed by atoms with Gasteiger partial charge in [-0.25, -0.2) is 9.97 Å². The van der Waals surface area contributed by atoms with Crippen LogP contribution in [0.25, 0.3) is 21.4 Å². The van der Waals surface area contributed by atoms with Gasteiger partial charge in [0.25, 0.3) is 5.56 Å². The minimum Gasteiger partial charge on any atom is -0.304 e. The number of aromatic amines is 1. The number of rotatable bonds is 2. The number of hydrogen-bond acceptors (Lipinski definition) is 6. The quantitative estimate of drug-likeness (QED) is 0.784. The molecular formula is C11H5F3N4OS2. The third-order valence-corrected chi connectivity index (χ3v) is 4.07. The highest BCUT2D eigenvalue weighted by Gasteiger charge is 2.34. The third-order valence-electron chi connectivity index (χ3n) is 2.42. The van der Waals surface area contributed by atoms with E-state index in [1.54, 1.807) is 5.51 Å². The van der Waals surface area contributed by atoms with Gasteiger partial charge in [-0.3, -0.25) is 9.78 Å². The molecule has 3 rings (SSSR count). The van der Waals surface area contributed by atoms with Crippen LogP contribution in [0.1, 0.15) is 5.69 Å². The van der Waals surface area contributed by atoms with E-state index < -0.39 is 17.4 Å². The number of halogens is 3. The summed E-state index contributed by atoms with van der Waals surface area (Å²) in [6, 6.07) is 1.26. The van der Waals surface area contributed by atoms with Crippen LogP contribution < -0.4 is 5.56 Å². The van der Waals surface area contributed by atoms with Crippen LogP contribution in [0.15, 0.2) is 27.9 Å². The van der Waals surface area contributed by atoms with Crippen molar-refractivity contribution in [1.82, 2.24) is 19.9 Å². The number of nitrogens with zero attached hydrogens (tertiary/aromatic N) is 3. The summed E-state index contributed by atoms with van der Waals surface area (Å²) in [5.74, 6) is 0.00593. The van der Waals surface area contributed by atoms with Crippen LogP contribution in [0, 0.1) is 0 Å². The number of aromatic nitrogens is 4. The van der Waals surface area contributed by atoms with Gasteiger partial charge >= 0.3 is 6.18 Å². The second-order valence-corrected chi connectivity index (χ2v) is 5.63. The monoisotopic (exact) mass is 330 g/mol. The van der Waals surface area contributed by atoms with Crippen molar-refractivity contribution in [3.05, 3.63) is 39.2 Å². The lowest BCUT2D eigenvalue weighted by atomic mass is 10.3. The number of hydrogen-bond donors (Lipinski definition) is 1. The van der Waals surface area contributed by atoms with Crippen molar-refractivity contribution in [3.8, 4) is 21.4 Å². The fourth-order valence-electron chi connectivity index (χ4n) is 1.54. The highest BCUT2D eigenvalue weighted by Crippen LogP contribution is 2.32. The molecule has 5 nitrogen and oxygen atoms in total. The van der Waals surface area contributed by atoms with E-state index >= 15 is 0 Å². The predicted octanol–water partition coefficient (Wildman–Crippen LogP) is 3.04. The molecule has 108 valence electrons. The highest BCUT2D eigenvalue weighted by atomic mass is 32.1. The summed E-state index contributed by atoms with van der Waals surface area (Å²) in [4.78, 5) is 26.1. The molecular weight excluding hydrogens is 325 g/mol. The van der Waals surface area contributed by atoms with Gasteiger partial charge in [-0.15, -0.1) is 22.7 Å². The van der Waals surface area contributed by atoms with E-state index in [1.807, 2.05) is 0 Å². The van der Waals surface area contributed by atoms with E-state index in [0.29, 0.717) is 10.6 Å². The van der Waals surface area contributed by atoms with Crippen LogP contribution in [0.2, 0.25) is 0 Å². The van der Waals surface area contributed by atoms with E-state index in [0.717, 1.165) is 16.7 Å². The van der Waals surface area contributed by atoms with Crippen molar-refractivity contribution < 1.29 is 13.2 Å². The molecule has 3 aromatic heterocycles. The van der Waals surface area contributed by atoms with Crippen LogP contribution in [0.4, 0.5) is 13.2 Å². The van der Waals surface area contributed by atoms with Crippen LogP contribution in [-0.4, -0.2) is 19.9 Å². The molecule has 0 bridgehead atoms. The molecule has 21 heavy (non-hydrogen) atoms. The standard InChI is InChI=1S/C11H5F3N4OS2/c12-11(13,14)7-3-20-10(17-7)9-16-5(1-8(19)18-9)6-2-15-4-21-6/h1-4H,(H,16,18,19). The van der Waals surface area contributed by atoms with Crippen molar-refractivity contribution in [3.63, 3.8) is 0 Å². The molecule has 0 atom stereocenters. The smallest absolute Gasteiger partial charge is 0.304 e. The molecule has 0 aliphatic heterocycles. The lowest BCUT2D eigenvalue weighted by Gasteiger charge is -2.01. The van der Waals surface area contributed by atoms with E-state index in [1.165, 1.54) is 23.6 Å². The van der Waals surface area contributed by atoms with Gasteiger partial charge in [0, 0.05) is 17.6 Å². The van der Waals surface area contributed by atoms with Gasteiger partial charge in [0.2, 0.25) is 0 Å². The predicted molar refractivity (Wildman–Crippen MR) is 72.1 cm³/mol. The zero-order valence-electron chi connectivity index (χ0n) is 10.0. The molecule has 0 fully saturated rings. The summed E-state index contributed by atoms with van der Waals surface area (Å²) < 4.78 is 37.6. The number of thiazole rings is 2. The van der Waals surface area contributed by atoms with E-state index in [2.05, 4.69) is 19.9 Å². The Balaban J connectivity index is 2.07. The Labute approximate surface area is 123 Å². The molecule has 10 heteroatoms. The van der Waals surface area contributed by atoms with E-state index in [9.17, 15) is 18.0 Å². The van der Waals surface area contributed by atoms with Gasteiger partial charge in [-0.1, -0.05) is 0 Å². The van der Waals surface area contributed by atoms with Crippen LogP contribution in [0.5, 0.6) is 0 Å². The first-order chi connectivity index (χ1) is 9.93. The average molecular weight is 330 g/mol. The van der Waals surface area contributed by atoms with Crippen molar-refractivity contribution >= 4 is 22.7 Å². The summed E-state index contributed by atoms with van der Waals surface area (Å²) in [6.45, 7) is 0. The number of nitrogens with one attached hydrogen (secondary N) is 1. The largest absolute Gasteiger partial charge is 0.434 e. The SMILES string of the molecule is O=c1cc(-c2cncs2)nc(-c2nc(C(F)(F)F)cs2)[nH]1. The molecule has 3 aromatic rings. The Morgan fingerprint density at radius 2 is 2.00 bits per heavy atom. The topological polar surface area (TPSA) is 71.5 Å². The Morgan fingerprint density at radius 3 is 2.62 bits per heavy atom. The van der Waals surface area contributed by atoms with Gasteiger partial charge in [-0.2, -0.15) is 13.2 Å². The summed E-state index contributed by atoms with van der Waals surface area (Å²) in [7, 11) is 0. The Bertz CT molecular complexity index is 823. The molecule has 0 amide bonds. The van der Waals surface area contributed by atoms with Crippen molar-refractivity contribution in [1.29, 1.82) is 0 Å². The fraction of sp³-hybridized carbons (Fsp3) is 0.0909. The summed E-state index contributed by atoms with van der Waals surface area (Å²) in [5.41, 5.74) is 0.448. The van der Waals surface area contributed by atoms with Gasteiger partial charge in [-0.05, 0) is 0 Å². The maximum Gasteiger partial charge on any atom is 0.434 e. The molecule has 0 saturated carbocycles. The van der Waals surface area contributed by atoms with E-state index in [-0.39, 0.29) is 10.8 Å². The molecule has 0 aliphatic carbocycles. The first-order valence-electron chi connectivity index (χ1n) is 5.47. The fourth-order valence-corrected chi connectivity index (χ4v) is 2.89. The third kappa shape index (κ3) is 2.85. The molecule has 0 spiro atoms. The van der Waals surface area contributed by atoms with Crippen molar-refractivity contribution in [2.24, 2.45) is 0 Å². The van der Waals surface area contributed by atoms with Crippen molar-refractivity contribution in [2.45, 2.75) is 6.18 Å².